The van der Waals surface area contributed by atoms with E-state index in [-0.39, 0.29) is 0 Å². The highest BCUT2D eigenvalue weighted by Gasteiger charge is 2.35. The van der Waals surface area contributed by atoms with Crippen LogP contribution in [0.3, 0.4) is 0 Å². The molecule has 2 unspecified atom stereocenters. The van der Waals surface area contributed by atoms with E-state index in [1.807, 2.05) is 0 Å². The van der Waals surface area contributed by atoms with Gasteiger partial charge in [0, 0.05) is 16.7 Å². The van der Waals surface area contributed by atoms with Crippen molar-refractivity contribution in [3.8, 4) is 0 Å². The van der Waals surface area contributed by atoms with Crippen molar-refractivity contribution >= 4 is 21.6 Å². The lowest BCUT2D eigenvalue weighted by Gasteiger charge is -2.25. The molecule has 0 aromatic rings. The molecule has 2 rings (SSSR count). The number of allylic oxidation sites excluding steroid dienone is 3. The van der Waals surface area contributed by atoms with Gasteiger partial charge in [-0.05, 0) is 11.0 Å². The van der Waals surface area contributed by atoms with Crippen LogP contribution in [-0.2, 0) is 10.8 Å². The van der Waals surface area contributed by atoms with Crippen molar-refractivity contribution in [1.29, 1.82) is 0 Å². The van der Waals surface area contributed by atoms with E-state index in [9.17, 15) is 0 Å². The van der Waals surface area contributed by atoms with Crippen molar-refractivity contribution < 1.29 is 28.9 Å². The first-order valence-electron chi connectivity index (χ1n) is 5.42. The Hall–Kier alpha value is 0.310. The molecule has 2 atom stereocenters. The van der Waals surface area contributed by atoms with Gasteiger partial charge in [-0.1, -0.05) is 39.0 Å². The Morgan fingerprint density at radius 3 is 2.33 bits per heavy atom. The van der Waals surface area contributed by atoms with E-state index in [1.54, 1.807) is 10.8 Å². The van der Waals surface area contributed by atoms with E-state index in [2.05, 4.69) is 49.8 Å². The van der Waals surface area contributed by atoms with Gasteiger partial charge >= 0.3 is 0 Å². The molecule has 1 heterocycles. The SMILES string of the molecule is CC(C)(C)C1=CC2C[SH+]SC2C=C1.[O-][Cl+3]([O-])([O-])[O-]. The van der Waals surface area contributed by atoms with Crippen LogP contribution in [0.4, 0.5) is 0 Å². The summed E-state index contributed by atoms with van der Waals surface area (Å²) in [6.45, 7) is 6.88. The van der Waals surface area contributed by atoms with Gasteiger partial charge in [0.05, 0.1) is 16.0 Å². The quantitative estimate of drug-likeness (QED) is 0.300. The Balaban J connectivity index is 0.000000280. The van der Waals surface area contributed by atoms with Crippen molar-refractivity contribution in [3.05, 3.63) is 23.8 Å². The van der Waals surface area contributed by atoms with Crippen LogP contribution in [0.25, 0.3) is 0 Å². The molecule has 0 N–H and O–H groups in total. The third kappa shape index (κ3) is 5.97. The van der Waals surface area contributed by atoms with Gasteiger partial charge in [-0.2, -0.15) is 0 Å². The third-order valence-electron chi connectivity index (χ3n) is 2.63. The maximum absolute atomic E-state index is 8.49. The van der Waals surface area contributed by atoms with Crippen LogP contribution in [0.15, 0.2) is 23.8 Å². The second-order valence-electron chi connectivity index (χ2n) is 5.15. The van der Waals surface area contributed by atoms with Crippen molar-refractivity contribution in [2.45, 2.75) is 26.0 Å². The first-order valence-corrected chi connectivity index (χ1v) is 9.22. The average Bonchev–Trinajstić information content (AvgIpc) is 2.59. The van der Waals surface area contributed by atoms with Crippen LogP contribution >= 0.6 is 10.8 Å². The van der Waals surface area contributed by atoms with Crippen LogP contribution in [0, 0.1) is 21.6 Å². The molecule has 0 spiro atoms. The second kappa shape index (κ2) is 6.17. The molecule has 0 saturated carbocycles. The van der Waals surface area contributed by atoms with Gasteiger partial charge in [0.2, 0.25) is 0 Å². The lowest BCUT2D eigenvalue weighted by Crippen LogP contribution is -2.68. The fourth-order valence-electron chi connectivity index (χ4n) is 1.71. The predicted octanol–water partition coefficient (Wildman–Crippen LogP) is -1.77. The third-order valence-corrected chi connectivity index (χ3v) is 5.72. The molecule has 1 saturated heterocycles. The molecule has 1 fully saturated rings. The summed E-state index contributed by atoms with van der Waals surface area (Å²) in [5.41, 5.74) is 1.84. The first kappa shape index (κ1) is 16.4. The van der Waals surface area contributed by atoms with E-state index in [0.29, 0.717) is 5.41 Å². The Bertz CT molecular complexity index is 338. The minimum atomic E-state index is -4.94. The summed E-state index contributed by atoms with van der Waals surface area (Å²) in [6.07, 6.45) is 7.22. The topological polar surface area (TPSA) is 92.2 Å². The zero-order valence-electron chi connectivity index (χ0n) is 10.5. The smallest absolute Gasteiger partial charge is 0.125 e. The number of hydrogen-bond acceptors (Lipinski definition) is 5. The standard InChI is InChI=1S/C11H16S2.ClHO4/c1-11(2,3)9-4-5-10-8(6-9)7-12-13-10;2-1(3,4)5/h4-6,8,10H,7H2,1-3H3;(H,2,3,4,5). The van der Waals surface area contributed by atoms with Crippen molar-refractivity contribution in [2.75, 3.05) is 5.75 Å². The summed E-state index contributed by atoms with van der Waals surface area (Å²) in [5, 5.41) is 0.771. The summed E-state index contributed by atoms with van der Waals surface area (Å²) >= 11 is 0. The van der Waals surface area contributed by atoms with Gasteiger partial charge in [-0.25, -0.2) is 18.6 Å². The molecule has 18 heavy (non-hydrogen) atoms. The van der Waals surface area contributed by atoms with Gasteiger partial charge in [0.1, 0.15) is 5.75 Å². The maximum atomic E-state index is 8.49. The molecule has 7 heteroatoms. The van der Waals surface area contributed by atoms with Crippen LogP contribution < -0.4 is 18.6 Å². The number of rotatable bonds is 0. The van der Waals surface area contributed by atoms with Crippen LogP contribution in [-0.4, -0.2) is 11.0 Å². The molecule has 0 radical (unpaired) electrons. The number of thiol groups is 1. The van der Waals surface area contributed by atoms with Crippen molar-refractivity contribution in [1.82, 2.24) is 0 Å². The first-order chi connectivity index (χ1) is 8.07. The number of hydrogen-bond donors (Lipinski definition) is 0. The molecular formula is C11H17ClO4S2. The molecule has 1 aliphatic carbocycles. The molecule has 0 aromatic heterocycles. The predicted molar refractivity (Wildman–Crippen MR) is 65.2 cm³/mol. The molecule has 0 amide bonds. The van der Waals surface area contributed by atoms with Crippen LogP contribution in [0.2, 0.25) is 0 Å². The Morgan fingerprint density at radius 1 is 1.28 bits per heavy atom. The normalized spacial score (nSPS) is 27.2. The second-order valence-corrected chi connectivity index (χ2v) is 8.70. The zero-order valence-corrected chi connectivity index (χ0v) is 12.9. The Labute approximate surface area is 117 Å². The minimum absolute atomic E-state index is 0.325. The zero-order chi connectivity index (χ0) is 14.0. The highest BCUT2D eigenvalue weighted by Crippen LogP contribution is 2.39. The Kier molecular flexibility index (Phi) is 5.61. The summed E-state index contributed by atoms with van der Waals surface area (Å²) in [4.78, 5) is 0. The van der Waals surface area contributed by atoms with Crippen molar-refractivity contribution in [3.63, 3.8) is 0 Å². The monoisotopic (exact) mass is 312 g/mol. The van der Waals surface area contributed by atoms with E-state index in [1.165, 1.54) is 11.3 Å². The molecule has 4 nitrogen and oxygen atoms in total. The number of fused-ring (bicyclic) bond motifs is 1. The van der Waals surface area contributed by atoms with Crippen LogP contribution in [0.5, 0.6) is 0 Å². The minimum Gasteiger partial charge on any atom is -0.222 e. The summed E-state index contributed by atoms with van der Waals surface area (Å²) in [6, 6.07) is 0. The van der Waals surface area contributed by atoms with Gasteiger partial charge in [0.15, 0.2) is 0 Å². The molecular weight excluding hydrogens is 296 g/mol. The fraction of sp³-hybridized carbons (Fsp3) is 0.636. The Morgan fingerprint density at radius 2 is 1.83 bits per heavy atom. The van der Waals surface area contributed by atoms with Gasteiger partial charge in [-0.15, -0.1) is 10.2 Å². The maximum Gasteiger partial charge on any atom is 0.125 e. The largest absolute Gasteiger partial charge is 0.222 e. The highest BCUT2D eigenvalue weighted by atomic mass is 35.7. The van der Waals surface area contributed by atoms with Gasteiger partial charge in [-0.3, -0.25) is 0 Å². The molecule has 0 aromatic carbocycles. The summed E-state index contributed by atoms with van der Waals surface area (Å²) in [5.74, 6) is 2.16. The van der Waals surface area contributed by atoms with Crippen LogP contribution in [0.1, 0.15) is 20.8 Å². The lowest BCUT2D eigenvalue weighted by molar-refractivity contribution is -2.00. The van der Waals surface area contributed by atoms with E-state index in [4.69, 9.17) is 18.6 Å². The molecule has 104 valence electrons. The van der Waals surface area contributed by atoms with E-state index < -0.39 is 10.2 Å². The average molecular weight is 313 g/mol. The van der Waals surface area contributed by atoms with E-state index >= 15 is 0 Å². The molecule has 0 bridgehead atoms. The van der Waals surface area contributed by atoms with Gasteiger partial charge in [0.25, 0.3) is 0 Å². The number of halogens is 1. The van der Waals surface area contributed by atoms with Gasteiger partial charge < -0.3 is 0 Å². The van der Waals surface area contributed by atoms with Crippen molar-refractivity contribution in [2.24, 2.45) is 11.3 Å². The molecule has 2 aliphatic rings. The summed E-state index contributed by atoms with van der Waals surface area (Å²) < 4.78 is 34.0. The fourth-order valence-corrected chi connectivity index (χ4v) is 5.06. The highest BCUT2D eigenvalue weighted by molar-refractivity contribution is 8.67. The lowest BCUT2D eigenvalue weighted by atomic mass is 9.81. The summed E-state index contributed by atoms with van der Waals surface area (Å²) in [7, 11) is -1.30. The van der Waals surface area contributed by atoms with E-state index in [0.717, 1.165) is 11.2 Å². The molecule has 1 aliphatic heterocycles.